The van der Waals surface area contributed by atoms with Crippen LogP contribution < -0.4 is 0 Å². The summed E-state index contributed by atoms with van der Waals surface area (Å²) < 4.78 is 4.56. The van der Waals surface area contributed by atoms with E-state index in [9.17, 15) is 9.59 Å². The molecular formula is C14H15NO3. The highest BCUT2D eigenvalue weighted by Crippen LogP contribution is 2.10. The lowest BCUT2D eigenvalue weighted by molar-refractivity contribution is -0.137. The first kappa shape index (κ1) is 13.8. The summed E-state index contributed by atoms with van der Waals surface area (Å²) in [6, 6.07) is 3.70. The van der Waals surface area contributed by atoms with E-state index in [1.54, 1.807) is 19.3 Å². The minimum atomic E-state index is -0.624. The number of pyridine rings is 1. The number of hydrogen-bond acceptors (Lipinski definition) is 4. The van der Waals surface area contributed by atoms with Crippen LogP contribution in [0.25, 0.3) is 6.08 Å². The first-order chi connectivity index (χ1) is 8.54. The summed E-state index contributed by atoms with van der Waals surface area (Å²) in [5.41, 5.74) is 1.72. The molecule has 0 aliphatic heterocycles. The molecule has 1 aromatic rings. The van der Waals surface area contributed by atoms with E-state index >= 15 is 0 Å². The molecular weight excluding hydrogens is 230 g/mol. The van der Waals surface area contributed by atoms with Gasteiger partial charge in [-0.3, -0.25) is 9.78 Å². The Morgan fingerprint density at radius 1 is 1.33 bits per heavy atom. The van der Waals surface area contributed by atoms with Gasteiger partial charge in [-0.05, 0) is 37.1 Å². The molecule has 0 fully saturated rings. The molecule has 4 heteroatoms. The lowest BCUT2D eigenvalue weighted by Crippen LogP contribution is -2.11. The summed E-state index contributed by atoms with van der Waals surface area (Å²) >= 11 is 0. The van der Waals surface area contributed by atoms with E-state index in [4.69, 9.17) is 0 Å². The van der Waals surface area contributed by atoms with Crippen molar-refractivity contribution in [1.82, 2.24) is 4.98 Å². The minimum absolute atomic E-state index is 0.0372. The highest BCUT2D eigenvalue weighted by atomic mass is 16.5. The third kappa shape index (κ3) is 3.97. The first-order valence-electron chi connectivity index (χ1n) is 5.44. The number of Topliss-reactive ketones (excluding diaryl/α,β-unsaturated/α-hetero) is 1. The summed E-state index contributed by atoms with van der Waals surface area (Å²) in [5, 5.41) is 0. The van der Waals surface area contributed by atoms with Crippen LogP contribution in [-0.2, 0) is 14.3 Å². The molecule has 0 bridgehead atoms. The van der Waals surface area contributed by atoms with Crippen molar-refractivity contribution in [3.8, 4) is 0 Å². The molecule has 4 nitrogen and oxygen atoms in total. The largest absolute Gasteiger partial charge is 0.465 e. The quantitative estimate of drug-likeness (QED) is 0.268. The van der Waals surface area contributed by atoms with E-state index in [1.165, 1.54) is 20.1 Å². The van der Waals surface area contributed by atoms with Crippen molar-refractivity contribution in [3.63, 3.8) is 0 Å². The van der Waals surface area contributed by atoms with Crippen molar-refractivity contribution in [2.45, 2.75) is 13.8 Å². The Hall–Kier alpha value is -2.23. The van der Waals surface area contributed by atoms with Gasteiger partial charge in [-0.15, -0.1) is 0 Å². The Morgan fingerprint density at radius 3 is 2.56 bits per heavy atom. The lowest BCUT2D eigenvalue weighted by atomic mass is 10.1. The summed E-state index contributed by atoms with van der Waals surface area (Å²) in [6.45, 7) is 3.14. The fourth-order valence-electron chi connectivity index (χ4n) is 1.41. The van der Waals surface area contributed by atoms with Gasteiger partial charge in [0.1, 0.15) is 5.57 Å². The van der Waals surface area contributed by atoms with Crippen molar-refractivity contribution in [1.29, 1.82) is 0 Å². The van der Waals surface area contributed by atoms with Crippen molar-refractivity contribution < 1.29 is 14.3 Å². The number of aromatic nitrogens is 1. The molecule has 0 amide bonds. The molecule has 0 radical (unpaired) electrons. The average Bonchev–Trinajstić information content (AvgIpc) is 2.36. The third-order valence-corrected chi connectivity index (χ3v) is 2.24. The molecule has 0 unspecified atom stereocenters. The van der Waals surface area contributed by atoms with E-state index in [2.05, 4.69) is 9.72 Å². The first-order valence-corrected chi connectivity index (χ1v) is 5.44. The van der Waals surface area contributed by atoms with E-state index in [1.807, 2.05) is 18.2 Å². The number of ether oxygens (including phenoxy) is 1. The van der Waals surface area contributed by atoms with E-state index < -0.39 is 5.97 Å². The van der Waals surface area contributed by atoms with E-state index in [0.717, 1.165) is 11.1 Å². The predicted molar refractivity (Wildman–Crippen MR) is 68.7 cm³/mol. The van der Waals surface area contributed by atoms with Crippen LogP contribution in [0.15, 0.2) is 41.7 Å². The Kier molecular flexibility index (Phi) is 4.99. The number of esters is 1. The van der Waals surface area contributed by atoms with Crippen LogP contribution in [0.5, 0.6) is 0 Å². The molecule has 0 saturated heterocycles. The molecule has 0 aliphatic carbocycles. The van der Waals surface area contributed by atoms with Gasteiger partial charge in [0.25, 0.3) is 0 Å². The van der Waals surface area contributed by atoms with Gasteiger partial charge in [0, 0.05) is 12.4 Å². The van der Waals surface area contributed by atoms with Gasteiger partial charge < -0.3 is 4.74 Å². The van der Waals surface area contributed by atoms with Gasteiger partial charge in [-0.2, -0.15) is 0 Å². The zero-order valence-corrected chi connectivity index (χ0v) is 10.6. The number of methoxy groups -OCH3 is 1. The van der Waals surface area contributed by atoms with Crippen LogP contribution in [-0.4, -0.2) is 23.8 Å². The molecule has 0 N–H and O–H groups in total. The maximum Gasteiger partial charge on any atom is 0.341 e. The monoisotopic (exact) mass is 245 g/mol. The number of nitrogens with zero attached hydrogens (tertiary/aromatic N) is 1. The van der Waals surface area contributed by atoms with Gasteiger partial charge in [0.15, 0.2) is 5.78 Å². The molecule has 0 saturated carbocycles. The van der Waals surface area contributed by atoms with E-state index in [0.29, 0.717) is 0 Å². The van der Waals surface area contributed by atoms with Crippen LogP contribution in [0.1, 0.15) is 19.4 Å². The SMILES string of the molecule is COC(=O)C(=CC(C)=Cc1cccnc1)C(C)=O. The van der Waals surface area contributed by atoms with Crippen LogP contribution in [0.3, 0.4) is 0 Å². The summed E-state index contributed by atoms with van der Waals surface area (Å²) in [4.78, 5) is 26.7. The van der Waals surface area contributed by atoms with E-state index in [-0.39, 0.29) is 11.4 Å². The number of allylic oxidation sites excluding steroid dienone is 2. The molecule has 0 aromatic carbocycles. The van der Waals surface area contributed by atoms with Gasteiger partial charge in [-0.25, -0.2) is 4.79 Å². The fourth-order valence-corrected chi connectivity index (χ4v) is 1.41. The maximum atomic E-state index is 11.4. The smallest absolute Gasteiger partial charge is 0.341 e. The standard InChI is InChI=1S/C14H15NO3/c1-10(7-12-5-4-6-15-9-12)8-13(11(2)16)14(17)18-3/h4-9H,1-3H3. The second kappa shape index (κ2) is 6.49. The Labute approximate surface area is 106 Å². The minimum Gasteiger partial charge on any atom is -0.465 e. The normalized spacial score (nSPS) is 12.2. The second-order valence-electron chi connectivity index (χ2n) is 3.78. The number of hydrogen-bond donors (Lipinski definition) is 0. The third-order valence-electron chi connectivity index (χ3n) is 2.24. The maximum absolute atomic E-state index is 11.4. The zero-order chi connectivity index (χ0) is 13.5. The molecule has 1 heterocycles. The van der Waals surface area contributed by atoms with Crippen LogP contribution in [0.2, 0.25) is 0 Å². The highest BCUT2D eigenvalue weighted by molar-refractivity contribution is 6.16. The summed E-state index contributed by atoms with van der Waals surface area (Å²) in [6.07, 6.45) is 6.72. The number of rotatable bonds is 4. The van der Waals surface area contributed by atoms with Gasteiger partial charge >= 0.3 is 5.97 Å². The van der Waals surface area contributed by atoms with Gasteiger partial charge in [0.2, 0.25) is 0 Å². The molecule has 18 heavy (non-hydrogen) atoms. The molecule has 1 aromatic heterocycles. The second-order valence-corrected chi connectivity index (χ2v) is 3.78. The van der Waals surface area contributed by atoms with Crippen molar-refractivity contribution >= 4 is 17.8 Å². The Morgan fingerprint density at radius 2 is 2.06 bits per heavy atom. The lowest BCUT2D eigenvalue weighted by Gasteiger charge is -2.01. The predicted octanol–water partition coefficient (Wildman–Crippen LogP) is 2.17. The topological polar surface area (TPSA) is 56.3 Å². The molecule has 1 rings (SSSR count). The van der Waals surface area contributed by atoms with Crippen molar-refractivity contribution in [2.24, 2.45) is 0 Å². The molecule has 0 spiro atoms. The number of ketones is 1. The molecule has 0 aliphatic rings. The highest BCUT2D eigenvalue weighted by Gasteiger charge is 2.14. The summed E-state index contributed by atoms with van der Waals surface area (Å²) in [7, 11) is 1.25. The molecule has 0 atom stereocenters. The van der Waals surface area contributed by atoms with Crippen molar-refractivity contribution in [2.75, 3.05) is 7.11 Å². The van der Waals surface area contributed by atoms with Gasteiger partial charge in [-0.1, -0.05) is 12.1 Å². The average molecular weight is 245 g/mol. The van der Waals surface area contributed by atoms with Gasteiger partial charge in [0.05, 0.1) is 7.11 Å². The fraction of sp³-hybridized carbons (Fsp3) is 0.214. The van der Waals surface area contributed by atoms with Crippen LogP contribution >= 0.6 is 0 Å². The molecule has 94 valence electrons. The number of carbonyl (C=O) groups excluding carboxylic acids is 2. The number of carbonyl (C=O) groups is 2. The van der Waals surface area contributed by atoms with Crippen LogP contribution in [0.4, 0.5) is 0 Å². The zero-order valence-electron chi connectivity index (χ0n) is 10.6. The van der Waals surface area contributed by atoms with Crippen molar-refractivity contribution in [3.05, 3.63) is 47.3 Å². The van der Waals surface area contributed by atoms with Crippen LogP contribution in [0, 0.1) is 0 Å². The Bertz CT molecular complexity index is 501. The summed E-state index contributed by atoms with van der Waals surface area (Å²) in [5.74, 6) is -0.942. The Balaban J connectivity index is 3.02.